The molecule has 0 spiro atoms. The third kappa shape index (κ3) is 4.22. The summed E-state index contributed by atoms with van der Waals surface area (Å²) in [5.41, 5.74) is 3.89. The number of nitrogens with one attached hydrogen (secondary N) is 1. The predicted molar refractivity (Wildman–Crippen MR) is 132 cm³/mol. The maximum atomic E-state index is 13.5. The summed E-state index contributed by atoms with van der Waals surface area (Å²) in [6, 6.07) is 25.7. The Balaban J connectivity index is 1.50. The number of fused-ring (bicyclic) bond motifs is 1. The highest BCUT2D eigenvalue weighted by atomic mass is 32.2. The maximum absolute atomic E-state index is 13.5. The number of amides is 1. The third-order valence-electron chi connectivity index (χ3n) is 5.80. The average Bonchev–Trinajstić information content (AvgIpc) is 3.19. The zero-order valence-corrected chi connectivity index (χ0v) is 19.2. The van der Waals surface area contributed by atoms with Crippen LogP contribution in [0.15, 0.2) is 89.8 Å². The molecule has 0 radical (unpaired) electrons. The second-order valence-electron chi connectivity index (χ2n) is 7.77. The van der Waals surface area contributed by atoms with E-state index in [0.29, 0.717) is 4.91 Å². The lowest BCUT2D eigenvalue weighted by Gasteiger charge is -2.37. The van der Waals surface area contributed by atoms with Crippen molar-refractivity contribution in [3.63, 3.8) is 0 Å². The molecule has 3 aromatic carbocycles. The van der Waals surface area contributed by atoms with Gasteiger partial charge in [-0.15, -0.1) is 0 Å². The van der Waals surface area contributed by atoms with Crippen molar-refractivity contribution in [3.8, 4) is 11.5 Å². The summed E-state index contributed by atoms with van der Waals surface area (Å²) in [6.45, 7) is 0. The first kappa shape index (κ1) is 21.2. The van der Waals surface area contributed by atoms with E-state index in [0.717, 1.165) is 33.9 Å². The fourth-order valence-corrected chi connectivity index (χ4v) is 5.23. The van der Waals surface area contributed by atoms with E-state index in [-0.39, 0.29) is 17.4 Å². The third-order valence-corrected chi connectivity index (χ3v) is 6.91. The van der Waals surface area contributed by atoms with Gasteiger partial charge in [-0.25, -0.2) is 0 Å². The van der Waals surface area contributed by atoms with Gasteiger partial charge in [0.05, 0.1) is 25.2 Å². The Kier molecular flexibility index (Phi) is 5.84. The molecule has 5 nitrogen and oxygen atoms in total. The van der Waals surface area contributed by atoms with Crippen LogP contribution in [0, 0.1) is 0 Å². The van der Waals surface area contributed by atoms with Crippen LogP contribution in [-0.2, 0) is 4.79 Å². The van der Waals surface area contributed by atoms with Crippen LogP contribution < -0.4 is 14.8 Å². The first-order chi connectivity index (χ1) is 16.2. The average molecular weight is 457 g/mol. The van der Waals surface area contributed by atoms with Gasteiger partial charge in [0.1, 0.15) is 11.5 Å². The topological polar surface area (TPSA) is 50.8 Å². The lowest BCUT2D eigenvalue weighted by molar-refractivity contribution is -0.128. The Bertz CT molecular complexity index is 1200. The van der Waals surface area contributed by atoms with Crippen LogP contribution in [0.5, 0.6) is 11.5 Å². The molecule has 0 saturated carbocycles. The molecule has 2 aliphatic rings. The Morgan fingerprint density at radius 3 is 2.15 bits per heavy atom. The molecule has 1 saturated heterocycles. The molecule has 2 aliphatic heterocycles. The molecule has 2 heterocycles. The fourth-order valence-electron chi connectivity index (χ4n) is 4.06. The molecule has 1 amide bonds. The highest BCUT2D eigenvalue weighted by Gasteiger charge is 2.43. The number of benzene rings is 3. The van der Waals surface area contributed by atoms with Gasteiger partial charge in [0.15, 0.2) is 5.50 Å². The van der Waals surface area contributed by atoms with Gasteiger partial charge in [0, 0.05) is 5.70 Å². The summed E-state index contributed by atoms with van der Waals surface area (Å²) < 4.78 is 10.5. The predicted octanol–water partition coefficient (Wildman–Crippen LogP) is 5.29. The molecule has 1 N–H and O–H groups in total. The van der Waals surface area contributed by atoms with Crippen molar-refractivity contribution in [1.82, 2.24) is 10.2 Å². The van der Waals surface area contributed by atoms with E-state index in [2.05, 4.69) is 23.5 Å². The normalized spacial score (nSPS) is 20.8. The largest absolute Gasteiger partial charge is 0.497 e. The Hall–Kier alpha value is -3.64. The lowest BCUT2D eigenvalue weighted by Crippen LogP contribution is -2.46. The summed E-state index contributed by atoms with van der Waals surface area (Å²) in [5.74, 6) is 1.62. The SMILES string of the molecule is COc1ccc(/C=C2/SC3NC(c4ccc(OC)cc4)=CC(c4ccccc4)N3C2=O)cc1. The van der Waals surface area contributed by atoms with Crippen molar-refractivity contribution in [2.45, 2.75) is 11.5 Å². The van der Waals surface area contributed by atoms with Crippen LogP contribution in [0.4, 0.5) is 0 Å². The molecule has 0 aliphatic carbocycles. The number of ether oxygens (including phenoxy) is 2. The molecule has 2 atom stereocenters. The summed E-state index contributed by atoms with van der Waals surface area (Å²) in [7, 11) is 3.30. The maximum Gasteiger partial charge on any atom is 0.263 e. The highest BCUT2D eigenvalue weighted by molar-refractivity contribution is 8.05. The number of thioether (sulfide) groups is 1. The minimum absolute atomic E-state index is 0.0206. The molecule has 0 bridgehead atoms. The molecule has 5 rings (SSSR count). The number of nitrogens with zero attached hydrogens (tertiary/aromatic N) is 1. The molecule has 0 aromatic heterocycles. The van der Waals surface area contributed by atoms with Crippen LogP contribution >= 0.6 is 11.8 Å². The monoisotopic (exact) mass is 456 g/mol. The van der Waals surface area contributed by atoms with Gasteiger partial charge in [-0.2, -0.15) is 0 Å². The van der Waals surface area contributed by atoms with Crippen LogP contribution in [0.3, 0.4) is 0 Å². The zero-order valence-electron chi connectivity index (χ0n) is 18.4. The van der Waals surface area contributed by atoms with Gasteiger partial charge in [-0.05, 0) is 65.2 Å². The van der Waals surface area contributed by atoms with Crippen LogP contribution in [0.25, 0.3) is 11.8 Å². The van der Waals surface area contributed by atoms with E-state index in [1.54, 1.807) is 26.0 Å². The molecular formula is C27H24N2O3S. The standard InChI is InChI=1S/C27H24N2O3S/c1-31-21-12-8-18(9-13-21)16-25-26(30)29-24(20-6-4-3-5-7-20)17-23(28-27(29)33-25)19-10-14-22(32-2)15-11-19/h3-17,24,27-28H,1-2H3/b25-16+. The molecule has 33 heavy (non-hydrogen) atoms. The quantitative estimate of drug-likeness (QED) is 0.529. The second-order valence-corrected chi connectivity index (χ2v) is 8.90. The van der Waals surface area contributed by atoms with Crippen LogP contribution in [-0.4, -0.2) is 30.5 Å². The number of hydrogen-bond donors (Lipinski definition) is 1. The van der Waals surface area contributed by atoms with Crippen LogP contribution in [0.2, 0.25) is 0 Å². The fraction of sp³-hybridized carbons (Fsp3) is 0.148. The van der Waals surface area contributed by atoms with E-state index >= 15 is 0 Å². The van der Waals surface area contributed by atoms with Crippen molar-refractivity contribution >= 4 is 29.4 Å². The van der Waals surface area contributed by atoms with E-state index < -0.39 is 0 Å². The second kappa shape index (κ2) is 9.08. The molecular weight excluding hydrogens is 432 g/mol. The van der Waals surface area contributed by atoms with Gasteiger partial charge >= 0.3 is 0 Å². The summed E-state index contributed by atoms with van der Waals surface area (Å²) >= 11 is 1.54. The summed E-state index contributed by atoms with van der Waals surface area (Å²) in [4.78, 5) is 16.1. The van der Waals surface area contributed by atoms with Gasteiger partial charge in [-0.3, -0.25) is 9.69 Å². The van der Waals surface area contributed by atoms with Crippen molar-refractivity contribution < 1.29 is 14.3 Å². The number of rotatable bonds is 5. The van der Waals surface area contributed by atoms with Crippen molar-refractivity contribution in [1.29, 1.82) is 0 Å². The molecule has 166 valence electrons. The van der Waals surface area contributed by atoms with E-state index in [4.69, 9.17) is 9.47 Å². The van der Waals surface area contributed by atoms with Crippen molar-refractivity contribution in [2.24, 2.45) is 0 Å². The van der Waals surface area contributed by atoms with Crippen LogP contribution in [0.1, 0.15) is 22.7 Å². The number of carbonyl (C=O) groups excluding carboxylic acids is 1. The van der Waals surface area contributed by atoms with Crippen molar-refractivity contribution in [2.75, 3.05) is 14.2 Å². The molecule has 2 unspecified atom stereocenters. The summed E-state index contributed by atoms with van der Waals surface area (Å²) in [5, 5.41) is 3.56. The summed E-state index contributed by atoms with van der Waals surface area (Å²) in [6.07, 6.45) is 4.07. The van der Waals surface area contributed by atoms with E-state index in [9.17, 15) is 4.79 Å². The lowest BCUT2D eigenvalue weighted by atomic mass is 9.99. The highest BCUT2D eigenvalue weighted by Crippen LogP contribution is 2.44. The first-order valence-electron chi connectivity index (χ1n) is 10.7. The van der Waals surface area contributed by atoms with E-state index in [1.165, 1.54) is 0 Å². The number of hydrogen-bond acceptors (Lipinski definition) is 5. The van der Waals surface area contributed by atoms with Gasteiger partial charge in [0.25, 0.3) is 5.91 Å². The molecule has 6 heteroatoms. The Morgan fingerprint density at radius 2 is 1.52 bits per heavy atom. The van der Waals surface area contributed by atoms with Gasteiger partial charge in [0.2, 0.25) is 0 Å². The van der Waals surface area contributed by atoms with Crippen molar-refractivity contribution in [3.05, 3.63) is 107 Å². The number of carbonyl (C=O) groups is 1. The van der Waals surface area contributed by atoms with Gasteiger partial charge < -0.3 is 14.8 Å². The minimum Gasteiger partial charge on any atom is -0.497 e. The Morgan fingerprint density at radius 1 is 0.879 bits per heavy atom. The zero-order chi connectivity index (χ0) is 22.8. The molecule has 3 aromatic rings. The first-order valence-corrected chi connectivity index (χ1v) is 11.6. The van der Waals surface area contributed by atoms with Gasteiger partial charge in [-0.1, -0.05) is 54.2 Å². The Labute approximate surface area is 197 Å². The minimum atomic E-state index is -0.200. The number of methoxy groups -OCH3 is 2. The molecule has 1 fully saturated rings. The van der Waals surface area contributed by atoms with E-state index in [1.807, 2.05) is 77.7 Å². The smallest absolute Gasteiger partial charge is 0.263 e.